The molecule has 5 rings (SSSR count). The van der Waals surface area contributed by atoms with Gasteiger partial charge in [0.15, 0.2) is 0 Å². The number of amides is 1. The van der Waals surface area contributed by atoms with E-state index in [0.717, 1.165) is 22.9 Å². The van der Waals surface area contributed by atoms with E-state index in [0.29, 0.717) is 37.6 Å². The van der Waals surface area contributed by atoms with E-state index in [1.54, 1.807) is 11.0 Å². The number of carbonyl (C=O) groups is 1. The number of ether oxygens (including phenoxy) is 1. The molecule has 1 atom stereocenters. The van der Waals surface area contributed by atoms with Gasteiger partial charge in [0.1, 0.15) is 11.6 Å². The zero-order chi connectivity index (χ0) is 20.1. The van der Waals surface area contributed by atoms with Crippen molar-refractivity contribution in [2.24, 2.45) is 0 Å². The van der Waals surface area contributed by atoms with Gasteiger partial charge in [-0.15, -0.1) is 0 Å². The maximum absolute atomic E-state index is 14.8. The number of aryl methyl sites for hydroxylation is 1. The third kappa shape index (κ3) is 3.04. The number of halogens is 1. The van der Waals surface area contributed by atoms with E-state index in [4.69, 9.17) is 10.5 Å². The molecule has 148 valence electrons. The van der Waals surface area contributed by atoms with Crippen LogP contribution < -0.4 is 5.73 Å². The van der Waals surface area contributed by atoms with Crippen molar-refractivity contribution in [3.05, 3.63) is 70.0 Å². The van der Waals surface area contributed by atoms with Crippen LogP contribution in [0.15, 0.2) is 36.4 Å². The second kappa shape index (κ2) is 6.81. The van der Waals surface area contributed by atoms with Crippen LogP contribution in [-0.2, 0) is 18.0 Å². The highest BCUT2D eigenvalue weighted by Gasteiger charge is 2.30. The summed E-state index contributed by atoms with van der Waals surface area (Å²) in [5, 5.41) is 0.741. The van der Waals surface area contributed by atoms with Crippen molar-refractivity contribution in [1.29, 1.82) is 0 Å². The van der Waals surface area contributed by atoms with Crippen LogP contribution in [-0.4, -0.2) is 28.9 Å². The Labute approximate surface area is 168 Å². The Balaban J connectivity index is 1.46. The number of rotatable bonds is 2. The Kier molecular flexibility index (Phi) is 4.24. The molecule has 3 aromatic rings. The zero-order valence-electron chi connectivity index (χ0n) is 16.2. The highest BCUT2D eigenvalue weighted by atomic mass is 19.1. The first-order valence-electron chi connectivity index (χ1n) is 9.85. The molecule has 29 heavy (non-hydrogen) atoms. The largest absolute Gasteiger partial charge is 0.383 e. The molecule has 2 aromatic carbocycles. The molecule has 0 radical (unpaired) electrons. The van der Waals surface area contributed by atoms with Gasteiger partial charge in [-0.2, -0.15) is 0 Å². The molecule has 3 heterocycles. The van der Waals surface area contributed by atoms with Crippen LogP contribution in [0, 0.1) is 12.7 Å². The first kappa shape index (κ1) is 18.1. The zero-order valence-corrected chi connectivity index (χ0v) is 16.2. The predicted octanol–water partition coefficient (Wildman–Crippen LogP) is 3.92. The van der Waals surface area contributed by atoms with Gasteiger partial charge in [0.2, 0.25) is 0 Å². The Hall–Kier alpha value is -2.99. The van der Waals surface area contributed by atoms with Crippen LogP contribution in [0.2, 0.25) is 0 Å². The van der Waals surface area contributed by atoms with E-state index in [1.165, 1.54) is 17.2 Å². The lowest BCUT2D eigenvalue weighted by Gasteiger charge is -2.18. The Bertz CT molecular complexity index is 1130. The maximum atomic E-state index is 14.8. The smallest absolute Gasteiger partial charge is 0.256 e. The third-order valence-corrected chi connectivity index (χ3v) is 6.07. The first-order chi connectivity index (χ1) is 14.0. The number of aromatic nitrogens is 1. The van der Waals surface area contributed by atoms with Crippen molar-refractivity contribution in [2.75, 3.05) is 18.8 Å². The molecule has 1 fully saturated rings. The van der Waals surface area contributed by atoms with Crippen molar-refractivity contribution >= 4 is 22.6 Å². The molecule has 0 saturated carbocycles. The molecule has 2 aliphatic rings. The molecular weight excluding hydrogens is 369 g/mol. The van der Waals surface area contributed by atoms with Gasteiger partial charge >= 0.3 is 0 Å². The monoisotopic (exact) mass is 391 g/mol. The van der Waals surface area contributed by atoms with Gasteiger partial charge in [-0.05, 0) is 30.5 Å². The van der Waals surface area contributed by atoms with Gasteiger partial charge in [-0.1, -0.05) is 29.8 Å². The van der Waals surface area contributed by atoms with Gasteiger partial charge < -0.3 is 15.4 Å². The number of anilines is 1. The lowest BCUT2D eigenvalue weighted by atomic mass is 9.97. The minimum Gasteiger partial charge on any atom is -0.383 e. The molecule has 1 aromatic heterocycles. The third-order valence-electron chi connectivity index (χ3n) is 6.07. The standard InChI is InChI=1S/C23H22FN3O2/c1-13-2-4-14(5-3-13)15-6-7-27(10-15)23(28)17-8-16-18-11-29-12-19(18)22(25)26-21(16)9-20(17)24/h2-5,8-9,15H,6-7,10-12H2,1H3,(H2,25,26)/t15-/m0/s1. The predicted molar refractivity (Wildman–Crippen MR) is 109 cm³/mol. The number of nitrogens with zero attached hydrogens (tertiary/aromatic N) is 2. The highest BCUT2D eigenvalue weighted by Crippen LogP contribution is 2.34. The van der Waals surface area contributed by atoms with E-state index in [1.807, 2.05) is 0 Å². The first-order valence-corrected chi connectivity index (χ1v) is 9.85. The summed E-state index contributed by atoms with van der Waals surface area (Å²) in [5.41, 5.74) is 10.7. The molecule has 0 aliphatic carbocycles. The molecule has 0 spiro atoms. The molecule has 6 heteroatoms. The fourth-order valence-corrected chi connectivity index (χ4v) is 4.38. The van der Waals surface area contributed by atoms with Crippen molar-refractivity contribution < 1.29 is 13.9 Å². The van der Waals surface area contributed by atoms with Crippen molar-refractivity contribution in [3.8, 4) is 0 Å². The Morgan fingerprint density at radius 3 is 2.76 bits per heavy atom. The van der Waals surface area contributed by atoms with Crippen LogP contribution in [0.5, 0.6) is 0 Å². The van der Waals surface area contributed by atoms with E-state index >= 15 is 0 Å². The number of hydrogen-bond donors (Lipinski definition) is 1. The molecular formula is C23H22FN3O2. The number of pyridine rings is 1. The normalized spacial score (nSPS) is 18.4. The molecule has 0 bridgehead atoms. The van der Waals surface area contributed by atoms with Crippen LogP contribution in [0.3, 0.4) is 0 Å². The number of nitrogen functional groups attached to an aromatic ring is 1. The number of carbonyl (C=O) groups excluding carboxylic acids is 1. The summed E-state index contributed by atoms with van der Waals surface area (Å²) >= 11 is 0. The van der Waals surface area contributed by atoms with E-state index < -0.39 is 5.82 Å². The SMILES string of the molecule is Cc1ccc([C@H]2CCN(C(=O)c3cc4c5c(c(N)nc4cc3F)COC5)C2)cc1. The minimum absolute atomic E-state index is 0.0859. The summed E-state index contributed by atoms with van der Waals surface area (Å²) in [7, 11) is 0. The summed E-state index contributed by atoms with van der Waals surface area (Å²) in [5.74, 6) is -0.193. The fourth-order valence-electron chi connectivity index (χ4n) is 4.38. The topological polar surface area (TPSA) is 68.5 Å². The number of hydrogen-bond acceptors (Lipinski definition) is 4. The molecule has 1 saturated heterocycles. The number of nitrogens with two attached hydrogens (primary N) is 1. The van der Waals surface area contributed by atoms with E-state index in [9.17, 15) is 9.18 Å². The minimum atomic E-state index is -0.563. The second-order valence-corrected chi connectivity index (χ2v) is 7.94. The van der Waals surface area contributed by atoms with Crippen molar-refractivity contribution in [1.82, 2.24) is 9.88 Å². The molecule has 1 amide bonds. The van der Waals surface area contributed by atoms with Crippen LogP contribution in [0.25, 0.3) is 10.9 Å². The van der Waals surface area contributed by atoms with Gasteiger partial charge in [-0.3, -0.25) is 4.79 Å². The van der Waals surface area contributed by atoms with Gasteiger partial charge in [-0.25, -0.2) is 9.37 Å². The van der Waals surface area contributed by atoms with Crippen LogP contribution in [0.4, 0.5) is 10.2 Å². The summed E-state index contributed by atoms with van der Waals surface area (Å²) in [6.07, 6.45) is 0.880. The van der Waals surface area contributed by atoms with E-state index in [-0.39, 0.29) is 17.4 Å². The van der Waals surface area contributed by atoms with Crippen molar-refractivity contribution in [2.45, 2.75) is 32.5 Å². The highest BCUT2D eigenvalue weighted by molar-refractivity contribution is 5.99. The van der Waals surface area contributed by atoms with Crippen molar-refractivity contribution in [3.63, 3.8) is 0 Å². The van der Waals surface area contributed by atoms with Gasteiger partial charge in [0, 0.05) is 36.0 Å². The number of benzene rings is 2. The summed E-state index contributed by atoms with van der Waals surface area (Å²) < 4.78 is 20.3. The molecule has 2 aliphatic heterocycles. The van der Waals surface area contributed by atoms with Gasteiger partial charge in [0.25, 0.3) is 5.91 Å². The average Bonchev–Trinajstić information content (AvgIpc) is 3.38. The van der Waals surface area contributed by atoms with E-state index in [2.05, 4.69) is 36.2 Å². The maximum Gasteiger partial charge on any atom is 0.256 e. The number of fused-ring (bicyclic) bond motifs is 3. The quantitative estimate of drug-likeness (QED) is 0.719. The molecule has 2 N–H and O–H groups in total. The average molecular weight is 391 g/mol. The lowest BCUT2D eigenvalue weighted by molar-refractivity contribution is 0.0786. The molecule has 5 nitrogen and oxygen atoms in total. The Morgan fingerprint density at radius 2 is 1.97 bits per heavy atom. The fraction of sp³-hybridized carbons (Fsp3) is 0.304. The Morgan fingerprint density at radius 1 is 1.21 bits per heavy atom. The lowest BCUT2D eigenvalue weighted by Crippen LogP contribution is -2.29. The summed E-state index contributed by atoms with van der Waals surface area (Å²) in [4.78, 5) is 19.2. The number of likely N-dealkylation sites (tertiary alicyclic amines) is 1. The van der Waals surface area contributed by atoms with Crippen LogP contribution in [0.1, 0.15) is 45.0 Å². The molecule has 0 unspecified atom stereocenters. The van der Waals surface area contributed by atoms with Crippen LogP contribution >= 0.6 is 0 Å². The summed E-state index contributed by atoms with van der Waals surface area (Å²) in [6.45, 7) is 4.07. The second-order valence-electron chi connectivity index (χ2n) is 7.94. The van der Waals surface area contributed by atoms with Gasteiger partial charge in [0.05, 0.1) is 24.3 Å². The summed E-state index contributed by atoms with van der Waals surface area (Å²) in [6, 6.07) is 11.3.